The summed E-state index contributed by atoms with van der Waals surface area (Å²) in [7, 11) is -3.35. The molecule has 1 heterocycles. The van der Waals surface area contributed by atoms with Crippen molar-refractivity contribution in [3.05, 3.63) is 0 Å². The summed E-state index contributed by atoms with van der Waals surface area (Å²) in [6.07, 6.45) is 5.81. The summed E-state index contributed by atoms with van der Waals surface area (Å²) in [5, 5.41) is -0.0510. The van der Waals surface area contributed by atoms with Gasteiger partial charge < -0.3 is 0 Å². The summed E-state index contributed by atoms with van der Waals surface area (Å²) < 4.78 is 28.9. The fraction of sp³-hybridized carbons (Fsp3) is 1.00. The molecule has 17 heavy (non-hydrogen) atoms. The third-order valence-corrected chi connectivity index (χ3v) is 6.07. The summed E-state index contributed by atoms with van der Waals surface area (Å²) in [6, 6.07) is 0.0206. The molecule has 100 valence electrons. The van der Waals surface area contributed by atoms with Crippen molar-refractivity contribution in [1.29, 1.82) is 0 Å². The Morgan fingerprint density at radius 1 is 1.18 bits per heavy atom. The second kappa shape index (κ2) is 5.43. The predicted octanol–water partition coefficient (Wildman–Crippen LogP) is 1.86. The Morgan fingerprint density at radius 3 is 2.53 bits per heavy atom. The maximum atomic E-state index is 12.3. The third-order valence-electron chi connectivity index (χ3n) is 3.78. The number of nitrogens with one attached hydrogen (secondary N) is 1. The lowest BCUT2D eigenvalue weighted by molar-refractivity contribution is 0.263. The maximum Gasteiger partial charge on any atom is 0.279 e. The smallest absolute Gasteiger partial charge is 0.198 e. The topological polar surface area (TPSA) is 49.4 Å². The molecule has 0 spiro atoms. The first-order valence-corrected chi connectivity index (χ1v) is 8.31. The predicted molar refractivity (Wildman–Crippen MR) is 69.4 cm³/mol. The van der Waals surface area contributed by atoms with Gasteiger partial charge in [-0.05, 0) is 32.6 Å². The van der Waals surface area contributed by atoms with Crippen molar-refractivity contribution in [2.24, 2.45) is 0 Å². The van der Waals surface area contributed by atoms with Crippen LogP contribution in [0.5, 0.6) is 0 Å². The van der Waals surface area contributed by atoms with Crippen LogP contribution in [0.15, 0.2) is 0 Å². The van der Waals surface area contributed by atoms with Gasteiger partial charge in [-0.2, -0.15) is 17.4 Å². The molecule has 3 unspecified atom stereocenters. The minimum atomic E-state index is -3.35. The molecule has 2 rings (SSSR count). The van der Waals surface area contributed by atoms with Gasteiger partial charge in [-0.25, -0.2) is 0 Å². The van der Waals surface area contributed by atoms with Crippen molar-refractivity contribution >= 4 is 21.8 Å². The molecule has 4 nitrogen and oxygen atoms in total. The van der Waals surface area contributed by atoms with Crippen LogP contribution in [0.25, 0.3) is 0 Å². The van der Waals surface area contributed by atoms with Gasteiger partial charge in [0, 0.05) is 24.0 Å². The van der Waals surface area contributed by atoms with E-state index in [1.807, 2.05) is 6.92 Å². The molecule has 0 amide bonds. The minimum absolute atomic E-state index is 0.0510. The molecule has 0 aromatic carbocycles. The highest BCUT2D eigenvalue weighted by Gasteiger charge is 2.34. The highest BCUT2D eigenvalue weighted by molar-refractivity contribution is 7.87. The van der Waals surface area contributed by atoms with Crippen LogP contribution in [0.3, 0.4) is 0 Å². The Balaban J connectivity index is 2.02. The number of piperidine rings is 1. The molecule has 0 bridgehead atoms. The van der Waals surface area contributed by atoms with Gasteiger partial charge in [0.05, 0.1) is 0 Å². The van der Waals surface area contributed by atoms with Crippen molar-refractivity contribution in [2.45, 2.75) is 62.9 Å². The first-order chi connectivity index (χ1) is 8.00. The van der Waals surface area contributed by atoms with Gasteiger partial charge in [0.15, 0.2) is 0 Å². The van der Waals surface area contributed by atoms with E-state index in [4.69, 9.17) is 11.6 Å². The van der Waals surface area contributed by atoms with Crippen molar-refractivity contribution in [3.63, 3.8) is 0 Å². The van der Waals surface area contributed by atoms with E-state index < -0.39 is 10.2 Å². The molecule has 0 aromatic rings. The lowest BCUT2D eigenvalue weighted by Crippen LogP contribution is -2.51. The van der Waals surface area contributed by atoms with E-state index in [1.54, 1.807) is 4.31 Å². The minimum Gasteiger partial charge on any atom is -0.198 e. The van der Waals surface area contributed by atoms with Crippen LogP contribution < -0.4 is 4.72 Å². The van der Waals surface area contributed by atoms with E-state index >= 15 is 0 Å². The SMILES string of the molecule is CC1CCCCN1S(=O)(=O)NC1CCCC1Cl. The van der Waals surface area contributed by atoms with E-state index in [-0.39, 0.29) is 17.5 Å². The summed E-state index contributed by atoms with van der Waals surface area (Å²) >= 11 is 6.11. The average molecular weight is 281 g/mol. The number of alkyl halides is 1. The van der Waals surface area contributed by atoms with Gasteiger partial charge in [0.25, 0.3) is 10.2 Å². The van der Waals surface area contributed by atoms with E-state index in [9.17, 15) is 8.42 Å². The zero-order valence-corrected chi connectivity index (χ0v) is 11.8. The van der Waals surface area contributed by atoms with Crippen LogP contribution in [0, 0.1) is 0 Å². The quantitative estimate of drug-likeness (QED) is 0.802. The maximum absolute atomic E-state index is 12.3. The molecule has 1 aliphatic heterocycles. The van der Waals surface area contributed by atoms with Crippen LogP contribution in [0.4, 0.5) is 0 Å². The zero-order valence-electron chi connectivity index (χ0n) is 10.2. The van der Waals surface area contributed by atoms with Crippen molar-refractivity contribution in [3.8, 4) is 0 Å². The Labute approximate surface area is 109 Å². The number of rotatable bonds is 3. The lowest BCUT2D eigenvalue weighted by atomic mass is 10.1. The number of halogens is 1. The monoisotopic (exact) mass is 280 g/mol. The summed E-state index contributed by atoms with van der Waals surface area (Å²) in [6.45, 7) is 2.61. The number of hydrogen-bond donors (Lipinski definition) is 1. The molecule has 2 fully saturated rings. The van der Waals surface area contributed by atoms with E-state index in [1.165, 1.54) is 0 Å². The molecule has 0 aromatic heterocycles. The third kappa shape index (κ3) is 3.13. The fourth-order valence-electron chi connectivity index (χ4n) is 2.74. The highest BCUT2D eigenvalue weighted by atomic mass is 35.5. The average Bonchev–Trinajstić information content (AvgIpc) is 2.64. The molecule has 0 radical (unpaired) electrons. The largest absolute Gasteiger partial charge is 0.279 e. The van der Waals surface area contributed by atoms with Crippen LogP contribution >= 0.6 is 11.6 Å². The summed E-state index contributed by atoms with van der Waals surface area (Å²) in [4.78, 5) is 0. The normalized spacial score (nSPS) is 36.2. The second-order valence-corrected chi connectivity index (χ2v) is 7.35. The van der Waals surface area contributed by atoms with Crippen LogP contribution in [-0.2, 0) is 10.2 Å². The fourth-order valence-corrected chi connectivity index (χ4v) is 4.90. The van der Waals surface area contributed by atoms with Gasteiger partial charge in [0.2, 0.25) is 0 Å². The molecule has 2 aliphatic rings. The van der Waals surface area contributed by atoms with Crippen LogP contribution in [0.1, 0.15) is 45.4 Å². The van der Waals surface area contributed by atoms with Crippen LogP contribution in [0.2, 0.25) is 0 Å². The molecular formula is C11H21ClN2O2S. The summed E-state index contributed by atoms with van der Waals surface area (Å²) in [5.74, 6) is 0. The first-order valence-electron chi connectivity index (χ1n) is 6.44. The Morgan fingerprint density at radius 2 is 1.94 bits per heavy atom. The second-order valence-electron chi connectivity index (χ2n) is 5.13. The molecule has 1 N–H and O–H groups in total. The molecule has 1 saturated carbocycles. The van der Waals surface area contributed by atoms with Gasteiger partial charge in [0.1, 0.15) is 0 Å². The lowest BCUT2D eigenvalue weighted by Gasteiger charge is -2.33. The molecular weight excluding hydrogens is 260 g/mol. The Bertz CT molecular complexity index is 360. The zero-order chi connectivity index (χ0) is 12.5. The van der Waals surface area contributed by atoms with Crippen molar-refractivity contribution in [1.82, 2.24) is 9.03 Å². The van der Waals surface area contributed by atoms with Gasteiger partial charge in [-0.3, -0.25) is 0 Å². The number of nitrogens with zero attached hydrogens (tertiary/aromatic N) is 1. The first kappa shape index (κ1) is 13.6. The van der Waals surface area contributed by atoms with Gasteiger partial charge in [-0.15, -0.1) is 11.6 Å². The summed E-state index contributed by atoms with van der Waals surface area (Å²) in [5.41, 5.74) is 0. The Hall–Kier alpha value is 0.160. The van der Waals surface area contributed by atoms with E-state index in [0.717, 1.165) is 38.5 Å². The number of hydrogen-bond acceptors (Lipinski definition) is 2. The molecule has 1 aliphatic carbocycles. The van der Waals surface area contributed by atoms with Crippen molar-refractivity contribution in [2.75, 3.05) is 6.54 Å². The van der Waals surface area contributed by atoms with E-state index in [0.29, 0.717) is 6.54 Å². The van der Waals surface area contributed by atoms with Crippen molar-refractivity contribution < 1.29 is 8.42 Å². The molecule has 3 atom stereocenters. The van der Waals surface area contributed by atoms with E-state index in [2.05, 4.69) is 4.72 Å². The highest BCUT2D eigenvalue weighted by Crippen LogP contribution is 2.26. The molecule has 1 saturated heterocycles. The van der Waals surface area contributed by atoms with Crippen LogP contribution in [-0.4, -0.2) is 36.7 Å². The molecule has 6 heteroatoms. The standard InChI is InChI=1S/C11H21ClN2O2S/c1-9-5-2-3-8-14(9)17(15,16)13-11-7-4-6-10(11)12/h9-11,13H,2-8H2,1H3. The van der Waals surface area contributed by atoms with Gasteiger partial charge >= 0.3 is 0 Å². The Kier molecular flexibility index (Phi) is 4.34. The van der Waals surface area contributed by atoms with Gasteiger partial charge in [-0.1, -0.05) is 12.8 Å².